The molecule has 0 aliphatic heterocycles. The van der Waals surface area contributed by atoms with Crippen molar-refractivity contribution >= 4 is 23.2 Å². The topological polar surface area (TPSA) is 46.2 Å². The van der Waals surface area contributed by atoms with Crippen molar-refractivity contribution in [1.82, 2.24) is 0 Å². The van der Waals surface area contributed by atoms with Crippen LogP contribution in [0.4, 0.5) is 0 Å². The summed E-state index contributed by atoms with van der Waals surface area (Å²) in [6.07, 6.45) is -0.847. The monoisotopic (exact) mass is 281 g/mol. The van der Waals surface area contributed by atoms with E-state index >= 15 is 0 Å². The Hall–Kier alpha value is -1.06. The molecule has 0 saturated heterocycles. The molecule has 0 saturated carbocycles. The Morgan fingerprint density at radius 1 is 0.944 bits per heavy atom. The third-order valence-corrected chi connectivity index (χ3v) is 3.42. The number of benzene rings is 2. The lowest BCUT2D eigenvalue weighted by Crippen LogP contribution is -2.19. The zero-order chi connectivity index (χ0) is 13.1. The van der Waals surface area contributed by atoms with E-state index < -0.39 is 12.1 Å². The Balaban J connectivity index is 2.26. The van der Waals surface area contributed by atoms with E-state index in [2.05, 4.69) is 0 Å². The van der Waals surface area contributed by atoms with Gasteiger partial charge in [0.25, 0.3) is 0 Å². The van der Waals surface area contributed by atoms with Gasteiger partial charge in [-0.1, -0.05) is 53.5 Å². The van der Waals surface area contributed by atoms with Gasteiger partial charge in [-0.25, -0.2) is 0 Å². The van der Waals surface area contributed by atoms with E-state index in [1.54, 1.807) is 36.4 Å². The van der Waals surface area contributed by atoms with E-state index in [-0.39, 0.29) is 0 Å². The van der Waals surface area contributed by atoms with Gasteiger partial charge in [-0.05, 0) is 23.8 Å². The van der Waals surface area contributed by atoms with Crippen LogP contribution in [0, 0.1) is 0 Å². The molecule has 2 nitrogen and oxygen atoms in total. The Labute approximate surface area is 116 Å². The molecule has 0 aliphatic rings. The van der Waals surface area contributed by atoms with Crippen molar-refractivity contribution in [3.05, 3.63) is 69.7 Å². The van der Waals surface area contributed by atoms with Crippen LogP contribution < -0.4 is 5.73 Å². The normalized spacial score (nSPS) is 14.2. The van der Waals surface area contributed by atoms with Gasteiger partial charge in [0.05, 0.1) is 12.1 Å². The van der Waals surface area contributed by atoms with Crippen molar-refractivity contribution < 1.29 is 5.11 Å². The summed E-state index contributed by atoms with van der Waals surface area (Å²) in [4.78, 5) is 0. The second kappa shape index (κ2) is 5.72. The van der Waals surface area contributed by atoms with Crippen LogP contribution in [0.2, 0.25) is 10.0 Å². The van der Waals surface area contributed by atoms with Crippen molar-refractivity contribution in [3.63, 3.8) is 0 Å². The van der Waals surface area contributed by atoms with Gasteiger partial charge in [0, 0.05) is 15.6 Å². The van der Waals surface area contributed by atoms with Gasteiger partial charge in [-0.3, -0.25) is 0 Å². The summed E-state index contributed by atoms with van der Waals surface area (Å²) in [5, 5.41) is 11.4. The number of aliphatic hydroxyl groups is 1. The number of hydrogen-bond donors (Lipinski definition) is 2. The third kappa shape index (κ3) is 2.85. The summed E-state index contributed by atoms with van der Waals surface area (Å²) < 4.78 is 0. The second-order valence-electron chi connectivity index (χ2n) is 4.04. The predicted octanol–water partition coefficient (Wildman–Crippen LogP) is 3.73. The van der Waals surface area contributed by atoms with Gasteiger partial charge in [0.1, 0.15) is 0 Å². The molecular formula is C14H13Cl2NO. The summed E-state index contributed by atoms with van der Waals surface area (Å²) in [6, 6.07) is 13.7. The van der Waals surface area contributed by atoms with Crippen LogP contribution >= 0.6 is 23.2 Å². The maximum Gasteiger partial charge on any atom is 0.0996 e. The standard InChI is InChI=1S/C14H13Cl2NO/c15-10-7-5-9(6-8-10)13(17)14(18)11-3-1-2-4-12(11)16/h1-8,13-14,18H,17H2/t13-,14+/m1/s1. The molecule has 0 heterocycles. The number of rotatable bonds is 3. The second-order valence-corrected chi connectivity index (χ2v) is 4.89. The van der Waals surface area contributed by atoms with Gasteiger partial charge in [0.2, 0.25) is 0 Å². The SMILES string of the molecule is N[C@H](c1ccc(Cl)cc1)[C@@H](O)c1ccccc1Cl. The number of halogens is 2. The Morgan fingerprint density at radius 3 is 2.17 bits per heavy atom. The molecule has 0 fully saturated rings. The molecule has 0 amide bonds. The van der Waals surface area contributed by atoms with Crippen molar-refractivity contribution in [2.75, 3.05) is 0 Å². The highest BCUT2D eigenvalue weighted by Gasteiger charge is 2.20. The molecule has 0 radical (unpaired) electrons. The zero-order valence-electron chi connectivity index (χ0n) is 9.55. The maximum atomic E-state index is 10.3. The number of hydrogen-bond acceptors (Lipinski definition) is 2. The van der Waals surface area contributed by atoms with Gasteiger partial charge < -0.3 is 10.8 Å². The van der Waals surface area contributed by atoms with Crippen molar-refractivity contribution in [3.8, 4) is 0 Å². The third-order valence-electron chi connectivity index (χ3n) is 2.82. The molecule has 2 aromatic carbocycles. The molecule has 0 spiro atoms. The first-order valence-corrected chi connectivity index (χ1v) is 6.28. The smallest absolute Gasteiger partial charge is 0.0996 e. The fraction of sp³-hybridized carbons (Fsp3) is 0.143. The van der Waals surface area contributed by atoms with Gasteiger partial charge >= 0.3 is 0 Å². The molecule has 0 aliphatic carbocycles. The van der Waals surface area contributed by atoms with Crippen molar-refractivity contribution in [2.45, 2.75) is 12.1 Å². The van der Waals surface area contributed by atoms with Crippen LogP contribution in [-0.4, -0.2) is 5.11 Å². The van der Waals surface area contributed by atoms with Gasteiger partial charge in [0.15, 0.2) is 0 Å². The lowest BCUT2D eigenvalue weighted by molar-refractivity contribution is 0.147. The van der Waals surface area contributed by atoms with Crippen LogP contribution in [0.5, 0.6) is 0 Å². The predicted molar refractivity (Wildman–Crippen MR) is 74.8 cm³/mol. The minimum absolute atomic E-state index is 0.509. The molecule has 2 atom stereocenters. The molecule has 0 aromatic heterocycles. The number of nitrogens with two attached hydrogens (primary N) is 1. The summed E-state index contributed by atoms with van der Waals surface area (Å²) in [6.45, 7) is 0. The van der Waals surface area contributed by atoms with E-state index in [1.807, 2.05) is 12.1 Å². The fourth-order valence-electron chi connectivity index (χ4n) is 1.78. The van der Waals surface area contributed by atoms with Crippen LogP contribution in [-0.2, 0) is 0 Å². The minimum Gasteiger partial charge on any atom is -0.386 e. The van der Waals surface area contributed by atoms with Crippen molar-refractivity contribution in [2.24, 2.45) is 5.73 Å². The highest BCUT2D eigenvalue weighted by molar-refractivity contribution is 6.31. The molecule has 94 valence electrons. The van der Waals surface area contributed by atoms with E-state index in [4.69, 9.17) is 28.9 Å². The Morgan fingerprint density at radius 2 is 1.56 bits per heavy atom. The fourth-order valence-corrected chi connectivity index (χ4v) is 2.15. The molecule has 0 bridgehead atoms. The highest BCUT2D eigenvalue weighted by atomic mass is 35.5. The first kappa shape index (κ1) is 13.4. The Bertz CT molecular complexity index is 528. The average Bonchev–Trinajstić information content (AvgIpc) is 2.38. The van der Waals surface area contributed by atoms with E-state index in [9.17, 15) is 5.11 Å². The van der Waals surface area contributed by atoms with Crippen LogP contribution in [0.15, 0.2) is 48.5 Å². The molecule has 18 heavy (non-hydrogen) atoms. The molecule has 2 aromatic rings. The summed E-state index contributed by atoms with van der Waals surface area (Å²) >= 11 is 11.9. The average molecular weight is 282 g/mol. The molecule has 2 rings (SSSR count). The first-order chi connectivity index (χ1) is 8.59. The molecular weight excluding hydrogens is 269 g/mol. The van der Waals surface area contributed by atoms with E-state index in [0.29, 0.717) is 15.6 Å². The summed E-state index contributed by atoms with van der Waals surface area (Å²) in [5.41, 5.74) is 7.48. The molecule has 3 N–H and O–H groups in total. The van der Waals surface area contributed by atoms with Crippen LogP contribution in [0.1, 0.15) is 23.3 Å². The minimum atomic E-state index is -0.847. The lowest BCUT2D eigenvalue weighted by atomic mass is 9.97. The molecule has 0 unspecified atom stereocenters. The van der Waals surface area contributed by atoms with Crippen LogP contribution in [0.3, 0.4) is 0 Å². The van der Waals surface area contributed by atoms with Gasteiger partial charge in [-0.2, -0.15) is 0 Å². The maximum absolute atomic E-state index is 10.3. The lowest BCUT2D eigenvalue weighted by Gasteiger charge is -2.20. The van der Waals surface area contributed by atoms with Gasteiger partial charge in [-0.15, -0.1) is 0 Å². The van der Waals surface area contributed by atoms with Crippen LogP contribution in [0.25, 0.3) is 0 Å². The zero-order valence-corrected chi connectivity index (χ0v) is 11.1. The quantitative estimate of drug-likeness (QED) is 0.901. The summed E-state index contributed by atoms with van der Waals surface area (Å²) in [7, 11) is 0. The largest absolute Gasteiger partial charge is 0.386 e. The first-order valence-electron chi connectivity index (χ1n) is 5.53. The Kier molecular flexibility index (Phi) is 4.25. The molecule has 4 heteroatoms. The van der Waals surface area contributed by atoms with E-state index in [0.717, 1.165) is 5.56 Å². The van der Waals surface area contributed by atoms with Crippen molar-refractivity contribution in [1.29, 1.82) is 0 Å². The summed E-state index contributed by atoms with van der Waals surface area (Å²) in [5.74, 6) is 0. The van der Waals surface area contributed by atoms with E-state index in [1.165, 1.54) is 0 Å². The number of aliphatic hydroxyl groups excluding tert-OH is 1. The highest BCUT2D eigenvalue weighted by Crippen LogP contribution is 2.31.